The van der Waals surface area contributed by atoms with Crippen molar-refractivity contribution in [2.75, 3.05) is 6.61 Å². The van der Waals surface area contributed by atoms with Gasteiger partial charge in [0, 0.05) is 41.8 Å². The number of nitrogens with two attached hydrogens (primary N) is 1. The lowest BCUT2D eigenvalue weighted by molar-refractivity contribution is -0.166. The average Bonchev–Trinajstić information content (AvgIpc) is 2.88. The number of benzene rings is 1. The number of phenols is 1. The van der Waals surface area contributed by atoms with Crippen molar-refractivity contribution >= 4 is 16.9 Å². The van der Waals surface area contributed by atoms with Gasteiger partial charge < -0.3 is 40.3 Å². The molecule has 1 aromatic carbocycles. The molecule has 0 aliphatic carbocycles. The van der Waals surface area contributed by atoms with Gasteiger partial charge in [-0.05, 0) is 38.8 Å². The Labute approximate surface area is 213 Å². The lowest BCUT2D eigenvalue weighted by Crippen LogP contribution is -2.57. The molecule has 0 amide bonds. The third-order valence-corrected chi connectivity index (χ3v) is 7.12. The first-order valence-electron chi connectivity index (χ1n) is 12.1. The minimum absolute atomic E-state index is 0.0338. The van der Waals surface area contributed by atoms with E-state index in [1.54, 1.807) is 39.1 Å². The van der Waals surface area contributed by atoms with Crippen LogP contribution in [-0.4, -0.2) is 45.8 Å². The Bertz CT molecular complexity index is 1360. The molecule has 1 aromatic heterocycles. The Hall–Kier alpha value is -3.60. The number of hydrogen-bond donors (Lipinski definition) is 5. The number of rotatable bonds is 7. The highest BCUT2D eigenvalue weighted by molar-refractivity contribution is 5.88. The summed E-state index contributed by atoms with van der Waals surface area (Å²) in [7, 11) is 0. The Kier molecular flexibility index (Phi) is 7.44. The second-order valence-corrected chi connectivity index (χ2v) is 9.52. The molecular weight excluding hydrogens is 480 g/mol. The van der Waals surface area contributed by atoms with E-state index < -0.39 is 35.6 Å². The minimum atomic E-state index is -1.23. The van der Waals surface area contributed by atoms with Crippen LogP contribution >= 0.6 is 0 Å². The molecule has 0 bridgehead atoms. The number of aliphatic hydroxyl groups is 2. The molecule has 2 aliphatic heterocycles. The van der Waals surface area contributed by atoms with Crippen molar-refractivity contribution in [1.29, 1.82) is 0 Å². The number of hydrogen-bond acceptors (Lipinski definition) is 10. The highest BCUT2D eigenvalue weighted by atomic mass is 16.6. The van der Waals surface area contributed by atoms with E-state index in [0.717, 1.165) is 11.6 Å². The van der Waals surface area contributed by atoms with E-state index in [0.29, 0.717) is 12.0 Å². The van der Waals surface area contributed by atoms with Crippen molar-refractivity contribution in [2.45, 2.75) is 58.1 Å². The van der Waals surface area contributed by atoms with Crippen LogP contribution in [0.5, 0.6) is 11.5 Å². The molecule has 2 aromatic rings. The molecule has 6 N–H and O–H groups in total. The Morgan fingerprint density at radius 3 is 2.76 bits per heavy atom. The summed E-state index contributed by atoms with van der Waals surface area (Å²) in [6.07, 6.45) is 6.24. The summed E-state index contributed by atoms with van der Waals surface area (Å²) in [5, 5.41) is 33.9. The van der Waals surface area contributed by atoms with Gasteiger partial charge in [0.15, 0.2) is 5.43 Å². The molecule has 37 heavy (non-hydrogen) atoms. The molecule has 3 heterocycles. The number of fused-ring (bicyclic) bond motifs is 2. The summed E-state index contributed by atoms with van der Waals surface area (Å²) in [6.45, 7) is 4.31. The van der Waals surface area contributed by atoms with Gasteiger partial charge >= 0.3 is 5.97 Å². The van der Waals surface area contributed by atoms with Crippen LogP contribution in [0.25, 0.3) is 11.0 Å². The largest absolute Gasteiger partial charge is 0.507 e. The first-order valence-corrected chi connectivity index (χ1v) is 12.1. The van der Waals surface area contributed by atoms with Crippen LogP contribution in [0.1, 0.15) is 38.5 Å². The number of nitrogens with one attached hydrogen (secondary N) is 1. The SMILES string of the molecule is CC=C(C)C(=O)OC1Cc2c(cc3oc(CO)cc(=O)c3c2O)OC1(C)C(CO)CC1=CNC(N)C=C1. The molecule has 0 saturated heterocycles. The van der Waals surface area contributed by atoms with Gasteiger partial charge in [-0.25, -0.2) is 4.79 Å². The number of phenolic OH excluding ortho intramolecular Hbond substituents is 1. The Morgan fingerprint density at radius 1 is 1.38 bits per heavy atom. The quantitative estimate of drug-likeness (QED) is 0.273. The molecule has 0 radical (unpaired) electrons. The third kappa shape index (κ3) is 5.00. The fourth-order valence-corrected chi connectivity index (χ4v) is 4.67. The van der Waals surface area contributed by atoms with Crippen LogP contribution in [0, 0.1) is 5.92 Å². The van der Waals surface area contributed by atoms with Crippen LogP contribution in [0.2, 0.25) is 0 Å². The Morgan fingerprint density at radius 2 is 2.14 bits per heavy atom. The van der Waals surface area contributed by atoms with Crippen LogP contribution in [0.15, 0.2) is 56.9 Å². The van der Waals surface area contributed by atoms with E-state index >= 15 is 0 Å². The standard InChI is InChI=1S/C27H32N2O8/c1-4-14(2)26(34)36-22-9-18-20(10-21-24(25(18)33)19(32)8-17(13-31)35-21)37-27(22,3)16(12-30)7-15-5-6-23(28)29-11-15/h4-6,8,10-11,16,22-23,29-31,33H,7,9,12-13,28H2,1-3H3. The van der Waals surface area contributed by atoms with E-state index in [2.05, 4.69) is 5.32 Å². The fraction of sp³-hybridized carbons (Fsp3) is 0.407. The van der Waals surface area contributed by atoms with Crippen LogP contribution in [0.3, 0.4) is 0 Å². The number of aliphatic hydroxyl groups excluding tert-OH is 2. The van der Waals surface area contributed by atoms with E-state index in [4.69, 9.17) is 19.6 Å². The van der Waals surface area contributed by atoms with Gasteiger partial charge in [-0.2, -0.15) is 0 Å². The van der Waals surface area contributed by atoms with E-state index in [-0.39, 0.29) is 53.0 Å². The zero-order valence-corrected chi connectivity index (χ0v) is 21.0. The second-order valence-electron chi connectivity index (χ2n) is 9.52. The van der Waals surface area contributed by atoms with Gasteiger partial charge in [0.1, 0.15) is 46.5 Å². The van der Waals surface area contributed by atoms with Crippen molar-refractivity contribution < 1.29 is 34.0 Å². The van der Waals surface area contributed by atoms with E-state index in [1.165, 1.54) is 6.07 Å². The smallest absolute Gasteiger partial charge is 0.333 e. The molecule has 4 atom stereocenters. The number of dihydropyridines is 1. The second kappa shape index (κ2) is 10.4. The maximum Gasteiger partial charge on any atom is 0.333 e. The number of carbonyl (C=O) groups excluding carboxylic acids is 1. The number of ether oxygens (including phenoxy) is 2. The molecular formula is C27H32N2O8. The highest BCUT2D eigenvalue weighted by Crippen LogP contribution is 2.46. The van der Waals surface area contributed by atoms with Gasteiger partial charge in [0.05, 0.1) is 12.8 Å². The maximum atomic E-state index is 12.8. The van der Waals surface area contributed by atoms with Crippen LogP contribution in [-0.2, 0) is 22.6 Å². The summed E-state index contributed by atoms with van der Waals surface area (Å²) in [4.78, 5) is 25.4. The first-order chi connectivity index (χ1) is 17.6. The molecule has 0 spiro atoms. The first kappa shape index (κ1) is 26.5. The fourth-order valence-electron chi connectivity index (χ4n) is 4.67. The summed E-state index contributed by atoms with van der Waals surface area (Å²) in [6, 6.07) is 2.59. The molecule has 0 fully saturated rings. The third-order valence-electron chi connectivity index (χ3n) is 7.12. The maximum absolute atomic E-state index is 12.8. The van der Waals surface area contributed by atoms with E-state index in [9.17, 15) is 24.9 Å². The van der Waals surface area contributed by atoms with Crippen molar-refractivity contribution in [3.63, 3.8) is 0 Å². The van der Waals surface area contributed by atoms with Crippen LogP contribution < -0.4 is 21.2 Å². The van der Waals surface area contributed by atoms with Gasteiger partial charge in [0.25, 0.3) is 0 Å². The molecule has 198 valence electrons. The zero-order valence-electron chi connectivity index (χ0n) is 21.0. The van der Waals surface area contributed by atoms with Crippen LogP contribution in [0.4, 0.5) is 0 Å². The predicted octanol–water partition coefficient (Wildman–Crippen LogP) is 1.89. The van der Waals surface area contributed by atoms with Gasteiger partial charge in [-0.1, -0.05) is 12.2 Å². The topological polar surface area (TPSA) is 164 Å². The average molecular weight is 513 g/mol. The van der Waals surface area contributed by atoms with Gasteiger partial charge in [-0.15, -0.1) is 0 Å². The summed E-state index contributed by atoms with van der Waals surface area (Å²) < 4.78 is 17.9. The number of allylic oxidation sites excluding steroid dienone is 3. The molecule has 4 rings (SSSR count). The Balaban J connectivity index is 1.81. The number of esters is 1. The van der Waals surface area contributed by atoms with Gasteiger partial charge in [-0.3, -0.25) is 4.79 Å². The monoisotopic (exact) mass is 512 g/mol. The zero-order chi connectivity index (χ0) is 26.9. The number of aromatic hydroxyl groups is 1. The van der Waals surface area contributed by atoms with Crippen molar-refractivity contribution in [1.82, 2.24) is 5.32 Å². The van der Waals surface area contributed by atoms with Crippen molar-refractivity contribution in [2.24, 2.45) is 11.7 Å². The minimum Gasteiger partial charge on any atom is -0.507 e. The number of carbonyl (C=O) groups is 1. The summed E-state index contributed by atoms with van der Waals surface area (Å²) >= 11 is 0. The molecule has 10 nitrogen and oxygen atoms in total. The normalized spacial score (nSPS) is 24.1. The molecule has 0 saturated carbocycles. The van der Waals surface area contributed by atoms with Crippen molar-refractivity contribution in [3.05, 3.63) is 69.3 Å². The summed E-state index contributed by atoms with van der Waals surface area (Å²) in [5.41, 5.74) is 5.68. The summed E-state index contributed by atoms with van der Waals surface area (Å²) in [5.74, 6) is -1.16. The predicted molar refractivity (Wildman–Crippen MR) is 136 cm³/mol. The molecule has 2 aliphatic rings. The molecule has 10 heteroatoms. The molecule has 4 unspecified atom stereocenters. The lowest BCUT2D eigenvalue weighted by atomic mass is 9.76. The highest BCUT2D eigenvalue weighted by Gasteiger charge is 2.50. The lowest BCUT2D eigenvalue weighted by Gasteiger charge is -2.46. The van der Waals surface area contributed by atoms with E-state index in [1.807, 2.05) is 6.08 Å². The van der Waals surface area contributed by atoms with Gasteiger partial charge in [0.2, 0.25) is 0 Å². The van der Waals surface area contributed by atoms with Crippen molar-refractivity contribution in [3.8, 4) is 11.5 Å².